The van der Waals surface area contributed by atoms with Crippen molar-refractivity contribution in [3.05, 3.63) is 53.6 Å². The molecule has 1 fully saturated rings. The zero-order valence-electron chi connectivity index (χ0n) is 13.9. The fourth-order valence-electron chi connectivity index (χ4n) is 2.63. The second-order valence-corrected chi connectivity index (χ2v) is 5.99. The summed E-state index contributed by atoms with van der Waals surface area (Å²) in [6.45, 7) is 0.422. The molecule has 0 aromatic heterocycles. The first-order valence-electron chi connectivity index (χ1n) is 8.04. The summed E-state index contributed by atoms with van der Waals surface area (Å²) < 4.78 is 5.13. The first kappa shape index (κ1) is 16.7. The van der Waals surface area contributed by atoms with Crippen molar-refractivity contribution in [3.8, 4) is 17.6 Å². The van der Waals surface area contributed by atoms with Gasteiger partial charge in [-0.2, -0.15) is 5.26 Å². The van der Waals surface area contributed by atoms with Crippen LogP contribution in [-0.2, 0) is 6.54 Å². The predicted molar refractivity (Wildman–Crippen MR) is 93.4 cm³/mol. The highest BCUT2D eigenvalue weighted by Gasteiger charge is 2.32. The molecule has 0 aliphatic heterocycles. The van der Waals surface area contributed by atoms with Crippen LogP contribution in [0, 0.1) is 11.3 Å². The van der Waals surface area contributed by atoms with Crippen LogP contribution in [0.3, 0.4) is 0 Å². The topological polar surface area (TPSA) is 85.6 Å². The van der Waals surface area contributed by atoms with Crippen LogP contribution in [-0.4, -0.2) is 29.2 Å². The van der Waals surface area contributed by atoms with Crippen molar-refractivity contribution in [2.75, 3.05) is 12.4 Å². The van der Waals surface area contributed by atoms with Gasteiger partial charge in [0.15, 0.2) is 11.5 Å². The van der Waals surface area contributed by atoms with E-state index in [0.29, 0.717) is 23.5 Å². The number of phenols is 1. The molecule has 128 valence electrons. The monoisotopic (exact) mass is 337 g/mol. The molecule has 25 heavy (non-hydrogen) atoms. The van der Waals surface area contributed by atoms with E-state index >= 15 is 0 Å². The number of hydrogen-bond acceptors (Lipinski definition) is 4. The Morgan fingerprint density at radius 1 is 1.36 bits per heavy atom. The molecule has 0 saturated heterocycles. The molecule has 1 aliphatic carbocycles. The third kappa shape index (κ3) is 4.01. The molecule has 0 spiro atoms. The van der Waals surface area contributed by atoms with Crippen LogP contribution in [0.5, 0.6) is 11.5 Å². The van der Waals surface area contributed by atoms with Crippen LogP contribution in [0.15, 0.2) is 42.5 Å². The normalized spacial score (nSPS) is 13.0. The highest BCUT2D eigenvalue weighted by molar-refractivity contribution is 5.90. The maximum absolute atomic E-state index is 12.7. The van der Waals surface area contributed by atoms with Crippen molar-refractivity contribution >= 4 is 11.7 Å². The molecule has 1 aliphatic rings. The van der Waals surface area contributed by atoms with Gasteiger partial charge < -0.3 is 20.1 Å². The molecule has 3 rings (SSSR count). The van der Waals surface area contributed by atoms with Gasteiger partial charge in [0.25, 0.3) is 0 Å². The average molecular weight is 337 g/mol. The van der Waals surface area contributed by atoms with Crippen molar-refractivity contribution < 1.29 is 14.6 Å². The molecule has 6 heteroatoms. The number of aromatic hydroxyl groups is 1. The third-order valence-corrected chi connectivity index (χ3v) is 4.09. The smallest absolute Gasteiger partial charge is 0.322 e. The summed E-state index contributed by atoms with van der Waals surface area (Å²) in [4.78, 5) is 14.4. The lowest BCUT2D eigenvalue weighted by atomic mass is 10.2. The molecule has 0 heterocycles. The fraction of sp³-hybridized carbons (Fsp3) is 0.263. The summed E-state index contributed by atoms with van der Waals surface area (Å²) in [5.41, 5.74) is 1.97. The molecule has 0 radical (unpaired) electrons. The Labute approximate surface area is 146 Å². The second kappa shape index (κ2) is 7.14. The number of amides is 2. The van der Waals surface area contributed by atoms with Crippen LogP contribution in [0.2, 0.25) is 0 Å². The van der Waals surface area contributed by atoms with Gasteiger partial charge in [0.2, 0.25) is 0 Å². The quantitative estimate of drug-likeness (QED) is 0.875. The summed E-state index contributed by atoms with van der Waals surface area (Å²) in [6.07, 6.45) is 1.95. The Bertz CT molecular complexity index is 825. The van der Waals surface area contributed by atoms with Crippen LogP contribution >= 0.6 is 0 Å². The van der Waals surface area contributed by atoms with Gasteiger partial charge in [-0.3, -0.25) is 0 Å². The lowest BCUT2D eigenvalue weighted by Gasteiger charge is -2.23. The van der Waals surface area contributed by atoms with E-state index in [-0.39, 0.29) is 17.8 Å². The van der Waals surface area contributed by atoms with E-state index < -0.39 is 0 Å². The molecule has 2 N–H and O–H groups in total. The van der Waals surface area contributed by atoms with E-state index in [4.69, 9.17) is 10.00 Å². The Kier molecular flexibility index (Phi) is 4.75. The van der Waals surface area contributed by atoms with Gasteiger partial charge >= 0.3 is 6.03 Å². The summed E-state index contributed by atoms with van der Waals surface area (Å²) in [5, 5.41) is 21.5. The van der Waals surface area contributed by atoms with E-state index in [2.05, 4.69) is 11.4 Å². The summed E-state index contributed by atoms with van der Waals surface area (Å²) in [7, 11) is 1.49. The van der Waals surface area contributed by atoms with Gasteiger partial charge in [0.05, 0.1) is 18.7 Å². The fourth-order valence-corrected chi connectivity index (χ4v) is 2.63. The van der Waals surface area contributed by atoms with E-state index in [1.807, 2.05) is 0 Å². The second-order valence-electron chi connectivity index (χ2n) is 5.99. The van der Waals surface area contributed by atoms with Gasteiger partial charge in [-0.05, 0) is 48.7 Å². The number of ether oxygens (including phenoxy) is 1. The molecule has 2 aromatic rings. The van der Waals surface area contributed by atoms with E-state index in [9.17, 15) is 9.90 Å². The van der Waals surface area contributed by atoms with Crippen molar-refractivity contribution in [3.63, 3.8) is 0 Å². The minimum absolute atomic E-state index is 0.0713. The minimum atomic E-state index is -0.204. The number of benzene rings is 2. The number of carbonyl (C=O) groups is 1. The SMILES string of the molecule is COc1cc(CN(C(=O)Nc2cccc(C#N)c2)C2CC2)ccc1O. The van der Waals surface area contributed by atoms with Crippen LogP contribution in [0.25, 0.3) is 0 Å². The number of nitrogens with zero attached hydrogens (tertiary/aromatic N) is 2. The van der Waals surface area contributed by atoms with Gasteiger partial charge in [-0.25, -0.2) is 4.79 Å². The zero-order valence-corrected chi connectivity index (χ0v) is 13.9. The molecule has 1 saturated carbocycles. The van der Waals surface area contributed by atoms with Crippen molar-refractivity contribution in [2.24, 2.45) is 0 Å². The predicted octanol–water partition coefficient (Wildman–Crippen LogP) is 3.47. The van der Waals surface area contributed by atoms with Gasteiger partial charge in [0, 0.05) is 18.3 Å². The van der Waals surface area contributed by atoms with Gasteiger partial charge in [0.1, 0.15) is 0 Å². The standard InChI is InChI=1S/C19H19N3O3/c1-25-18-10-14(5-8-17(18)23)12-22(16-6-7-16)19(24)21-15-4-2-3-13(9-15)11-20/h2-5,8-10,16,23H,6-7,12H2,1H3,(H,21,24). The molecular weight excluding hydrogens is 318 g/mol. The lowest BCUT2D eigenvalue weighted by molar-refractivity contribution is 0.206. The van der Waals surface area contributed by atoms with Crippen molar-refractivity contribution in [1.29, 1.82) is 5.26 Å². The maximum atomic E-state index is 12.7. The molecule has 0 bridgehead atoms. The lowest BCUT2D eigenvalue weighted by Crippen LogP contribution is -2.36. The number of methoxy groups -OCH3 is 1. The highest BCUT2D eigenvalue weighted by atomic mass is 16.5. The molecule has 2 amide bonds. The Morgan fingerprint density at radius 2 is 2.16 bits per heavy atom. The van der Waals surface area contributed by atoms with Gasteiger partial charge in [-0.15, -0.1) is 0 Å². The van der Waals surface area contributed by atoms with E-state index in [1.165, 1.54) is 7.11 Å². The van der Waals surface area contributed by atoms with E-state index in [1.54, 1.807) is 47.4 Å². The average Bonchev–Trinajstić information content (AvgIpc) is 3.46. The summed E-state index contributed by atoms with van der Waals surface area (Å²) in [6, 6.07) is 14.0. The van der Waals surface area contributed by atoms with Crippen LogP contribution in [0.4, 0.5) is 10.5 Å². The number of anilines is 1. The summed E-state index contributed by atoms with van der Waals surface area (Å²) in [5.74, 6) is 0.456. The van der Waals surface area contributed by atoms with Crippen LogP contribution in [0.1, 0.15) is 24.0 Å². The summed E-state index contributed by atoms with van der Waals surface area (Å²) >= 11 is 0. The van der Waals surface area contributed by atoms with Gasteiger partial charge in [-0.1, -0.05) is 12.1 Å². The molecule has 0 unspecified atom stereocenters. The Hall–Kier alpha value is -3.20. The largest absolute Gasteiger partial charge is 0.504 e. The molecule has 0 atom stereocenters. The molecule has 6 nitrogen and oxygen atoms in total. The maximum Gasteiger partial charge on any atom is 0.322 e. The third-order valence-electron chi connectivity index (χ3n) is 4.09. The Balaban J connectivity index is 1.74. The number of nitrogens with one attached hydrogen (secondary N) is 1. The molecule has 2 aromatic carbocycles. The van der Waals surface area contributed by atoms with Crippen molar-refractivity contribution in [1.82, 2.24) is 4.90 Å². The number of phenolic OH excluding ortho intramolecular Hbond substituents is 1. The number of urea groups is 1. The number of nitriles is 1. The van der Waals surface area contributed by atoms with Crippen molar-refractivity contribution in [2.45, 2.75) is 25.4 Å². The Morgan fingerprint density at radius 3 is 2.84 bits per heavy atom. The number of hydrogen-bond donors (Lipinski definition) is 2. The number of carbonyl (C=O) groups excluding carboxylic acids is 1. The zero-order chi connectivity index (χ0) is 17.8. The van der Waals surface area contributed by atoms with E-state index in [0.717, 1.165) is 18.4 Å². The first-order chi connectivity index (χ1) is 12.1. The minimum Gasteiger partial charge on any atom is -0.504 e. The van der Waals surface area contributed by atoms with Crippen LogP contribution < -0.4 is 10.1 Å². The highest BCUT2D eigenvalue weighted by Crippen LogP contribution is 2.31. The molecular formula is C19H19N3O3. The first-order valence-corrected chi connectivity index (χ1v) is 8.04. The number of rotatable bonds is 5.